The zero-order valence-corrected chi connectivity index (χ0v) is 10.8. The summed E-state index contributed by atoms with van der Waals surface area (Å²) in [5.41, 5.74) is 0. The van der Waals surface area contributed by atoms with Crippen molar-refractivity contribution in [1.82, 2.24) is 14.8 Å². The summed E-state index contributed by atoms with van der Waals surface area (Å²) in [6.07, 6.45) is 6.04. The van der Waals surface area contributed by atoms with Gasteiger partial charge in [0.2, 0.25) is 0 Å². The summed E-state index contributed by atoms with van der Waals surface area (Å²) in [5, 5.41) is 18.5. The summed E-state index contributed by atoms with van der Waals surface area (Å²) in [6, 6.07) is 0. The smallest absolute Gasteiger partial charge is 0.135 e. The van der Waals surface area contributed by atoms with Gasteiger partial charge in [-0.1, -0.05) is 0 Å². The van der Waals surface area contributed by atoms with E-state index in [9.17, 15) is 5.11 Å². The minimum Gasteiger partial charge on any atom is -0.373 e. The van der Waals surface area contributed by atoms with E-state index in [2.05, 4.69) is 10.2 Å². The van der Waals surface area contributed by atoms with Gasteiger partial charge in [0.1, 0.15) is 17.9 Å². The lowest BCUT2D eigenvalue weighted by Gasteiger charge is -2.24. The lowest BCUT2D eigenvalue weighted by Crippen LogP contribution is -2.22. The van der Waals surface area contributed by atoms with Gasteiger partial charge in [0.15, 0.2) is 0 Å². The summed E-state index contributed by atoms with van der Waals surface area (Å²) in [4.78, 5) is 0. The van der Waals surface area contributed by atoms with E-state index in [1.165, 1.54) is 24.3 Å². The SMILES string of the molecule is OC1CCCc2nnc(CC3CCCSC3)n21. The lowest BCUT2D eigenvalue weighted by molar-refractivity contribution is 0.0743. The van der Waals surface area contributed by atoms with Crippen molar-refractivity contribution >= 4 is 11.8 Å². The van der Waals surface area contributed by atoms with E-state index in [0.29, 0.717) is 0 Å². The third-order valence-corrected chi connectivity index (χ3v) is 5.01. The van der Waals surface area contributed by atoms with Gasteiger partial charge in [0.05, 0.1) is 0 Å². The van der Waals surface area contributed by atoms with Crippen molar-refractivity contribution in [3.8, 4) is 0 Å². The van der Waals surface area contributed by atoms with Gasteiger partial charge in [-0.15, -0.1) is 10.2 Å². The highest BCUT2D eigenvalue weighted by Crippen LogP contribution is 2.28. The molecular formula is C12H19N3OS. The van der Waals surface area contributed by atoms with Gasteiger partial charge in [0.25, 0.3) is 0 Å². The molecule has 0 aliphatic carbocycles. The topological polar surface area (TPSA) is 50.9 Å². The Kier molecular flexibility index (Phi) is 3.38. The number of aliphatic hydroxyl groups is 1. The van der Waals surface area contributed by atoms with E-state index in [0.717, 1.165) is 43.3 Å². The molecule has 5 heteroatoms. The van der Waals surface area contributed by atoms with Gasteiger partial charge in [-0.3, -0.25) is 4.57 Å². The number of aliphatic hydroxyl groups excluding tert-OH is 1. The molecule has 94 valence electrons. The predicted octanol–water partition coefficient (Wildman–Crippen LogP) is 1.79. The van der Waals surface area contributed by atoms with Crippen LogP contribution in [0.25, 0.3) is 0 Å². The second-order valence-electron chi connectivity index (χ2n) is 5.06. The van der Waals surface area contributed by atoms with E-state index < -0.39 is 0 Å². The van der Waals surface area contributed by atoms with Gasteiger partial charge in [-0.05, 0) is 43.1 Å². The molecule has 1 saturated heterocycles. The van der Waals surface area contributed by atoms with E-state index in [1.54, 1.807) is 0 Å². The summed E-state index contributed by atoms with van der Waals surface area (Å²) < 4.78 is 1.97. The quantitative estimate of drug-likeness (QED) is 0.873. The summed E-state index contributed by atoms with van der Waals surface area (Å²) in [5.74, 6) is 5.23. The first kappa shape index (κ1) is 11.5. The molecule has 1 aromatic rings. The maximum Gasteiger partial charge on any atom is 0.135 e. The Morgan fingerprint density at radius 3 is 3.06 bits per heavy atom. The maximum atomic E-state index is 10.0. The molecule has 3 heterocycles. The van der Waals surface area contributed by atoms with Crippen molar-refractivity contribution in [2.45, 2.75) is 44.8 Å². The van der Waals surface area contributed by atoms with Crippen LogP contribution in [0.2, 0.25) is 0 Å². The number of hydrogen-bond acceptors (Lipinski definition) is 4. The van der Waals surface area contributed by atoms with Gasteiger partial charge < -0.3 is 5.11 Å². The fourth-order valence-corrected chi connectivity index (χ4v) is 3.97. The van der Waals surface area contributed by atoms with Gasteiger partial charge in [-0.25, -0.2) is 0 Å². The number of thioether (sulfide) groups is 1. The highest BCUT2D eigenvalue weighted by atomic mass is 32.2. The zero-order chi connectivity index (χ0) is 11.7. The second kappa shape index (κ2) is 4.98. The second-order valence-corrected chi connectivity index (χ2v) is 6.21. The first-order valence-electron chi connectivity index (χ1n) is 6.53. The van der Waals surface area contributed by atoms with Crippen LogP contribution in [-0.2, 0) is 12.8 Å². The first-order valence-corrected chi connectivity index (χ1v) is 7.68. The fraction of sp³-hybridized carbons (Fsp3) is 0.833. The van der Waals surface area contributed by atoms with Crippen LogP contribution in [0.1, 0.15) is 43.6 Å². The number of nitrogens with zero attached hydrogens (tertiary/aromatic N) is 3. The van der Waals surface area contributed by atoms with Crippen molar-refractivity contribution in [3.63, 3.8) is 0 Å². The Labute approximate surface area is 106 Å². The Balaban J connectivity index is 1.76. The average molecular weight is 253 g/mol. The van der Waals surface area contributed by atoms with Gasteiger partial charge in [0, 0.05) is 12.8 Å². The molecule has 2 atom stereocenters. The van der Waals surface area contributed by atoms with E-state index in [-0.39, 0.29) is 6.23 Å². The van der Waals surface area contributed by atoms with Crippen LogP contribution in [-0.4, -0.2) is 31.4 Å². The molecule has 1 aromatic heterocycles. The van der Waals surface area contributed by atoms with Crippen LogP contribution in [0.5, 0.6) is 0 Å². The van der Waals surface area contributed by atoms with Crippen LogP contribution in [0.3, 0.4) is 0 Å². The first-order chi connectivity index (χ1) is 8.34. The van der Waals surface area contributed by atoms with E-state index in [1.807, 2.05) is 16.3 Å². The number of aryl methyl sites for hydroxylation is 1. The molecule has 1 fully saturated rings. The zero-order valence-electron chi connectivity index (χ0n) is 10.0. The van der Waals surface area contributed by atoms with Crippen molar-refractivity contribution in [2.75, 3.05) is 11.5 Å². The Hall–Kier alpha value is -0.550. The molecule has 4 nitrogen and oxygen atoms in total. The molecule has 3 rings (SSSR count). The van der Waals surface area contributed by atoms with Crippen LogP contribution in [0, 0.1) is 5.92 Å². The normalized spacial score (nSPS) is 29.0. The van der Waals surface area contributed by atoms with E-state index >= 15 is 0 Å². The summed E-state index contributed by atoms with van der Waals surface area (Å²) in [6.45, 7) is 0. The van der Waals surface area contributed by atoms with Crippen molar-refractivity contribution < 1.29 is 5.11 Å². The standard InChI is InChI=1S/C12H19N3OS/c16-12-5-1-4-10-13-14-11(15(10)12)7-9-3-2-6-17-8-9/h9,12,16H,1-8H2. The molecule has 0 bridgehead atoms. The Bertz CT molecular complexity index is 387. The lowest BCUT2D eigenvalue weighted by atomic mass is 10.0. The minimum atomic E-state index is -0.389. The number of aromatic nitrogens is 3. The van der Waals surface area contributed by atoms with Crippen LogP contribution in [0.15, 0.2) is 0 Å². The molecule has 0 spiro atoms. The van der Waals surface area contributed by atoms with Crippen molar-refractivity contribution in [2.24, 2.45) is 5.92 Å². The molecular weight excluding hydrogens is 234 g/mol. The molecule has 17 heavy (non-hydrogen) atoms. The molecule has 2 unspecified atom stereocenters. The predicted molar refractivity (Wildman–Crippen MR) is 68.0 cm³/mol. The fourth-order valence-electron chi connectivity index (χ4n) is 2.81. The van der Waals surface area contributed by atoms with Crippen LogP contribution < -0.4 is 0 Å². The third kappa shape index (κ3) is 2.36. The average Bonchev–Trinajstić information content (AvgIpc) is 2.75. The number of fused-ring (bicyclic) bond motifs is 1. The summed E-state index contributed by atoms with van der Waals surface area (Å²) in [7, 11) is 0. The molecule has 0 aromatic carbocycles. The molecule has 0 radical (unpaired) electrons. The molecule has 0 amide bonds. The molecule has 2 aliphatic rings. The molecule has 2 aliphatic heterocycles. The minimum absolute atomic E-state index is 0.389. The number of hydrogen-bond donors (Lipinski definition) is 1. The van der Waals surface area contributed by atoms with Crippen molar-refractivity contribution in [1.29, 1.82) is 0 Å². The molecule has 1 N–H and O–H groups in total. The Morgan fingerprint density at radius 1 is 1.29 bits per heavy atom. The monoisotopic (exact) mass is 253 g/mol. The van der Waals surface area contributed by atoms with Gasteiger partial charge in [-0.2, -0.15) is 11.8 Å². The van der Waals surface area contributed by atoms with Crippen LogP contribution >= 0.6 is 11.8 Å². The van der Waals surface area contributed by atoms with Gasteiger partial charge >= 0.3 is 0 Å². The molecule has 0 saturated carbocycles. The Morgan fingerprint density at radius 2 is 2.24 bits per heavy atom. The van der Waals surface area contributed by atoms with Crippen LogP contribution in [0.4, 0.5) is 0 Å². The highest BCUT2D eigenvalue weighted by Gasteiger charge is 2.25. The van der Waals surface area contributed by atoms with E-state index in [4.69, 9.17) is 0 Å². The highest BCUT2D eigenvalue weighted by molar-refractivity contribution is 7.99. The third-order valence-electron chi connectivity index (χ3n) is 3.72. The maximum absolute atomic E-state index is 10.0. The summed E-state index contributed by atoms with van der Waals surface area (Å²) >= 11 is 2.04. The largest absolute Gasteiger partial charge is 0.373 e. The number of rotatable bonds is 2. The van der Waals surface area contributed by atoms with Crippen molar-refractivity contribution in [3.05, 3.63) is 11.6 Å².